The second-order valence-corrected chi connectivity index (χ2v) is 3.86. The summed E-state index contributed by atoms with van der Waals surface area (Å²) in [6.07, 6.45) is 4.84. The Kier molecular flexibility index (Phi) is 2.10. The zero-order valence-electron chi connectivity index (χ0n) is 6.84. The Hall–Kier alpha value is -1.23. The van der Waals surface area contributed by atoms with Crippen LogP contribution in [0.3, 0.4) is 0 Å². The lowest BCUT2D eigenvalue weighted by molar-refractivity contribution is -0.400. The van der Waals surface area contributed by atoms with Crippen LogP contribution in [0.1, 0.15) is 29.3 Å². The van der Waals surface area contributed by atoms with Crippen molar-refractivity contribution in [2.45, 2.75) is 18.8 Å². The molecular formula is C8H8N2O2S. The van der Waals surface area contributed by atoms with Crippen molar-refractivity contribution in [3.05, 3.63) is 32.4 Å². The fourth-order valence-corrected chi connectivity index (χ4v) is 1.94. The summed E-state index contributed by atoms with van der Waals surface area (Å²) in [4.78, 5) is 14.8. The first kappa shape index (κ1) is 8.37. The van der Waals surface area contributed by atoms with E-state index >= 15 is 0 Å². The first-order valence-corrected chi connectivity index (χ1v) is 4.90. The maximum atomic E-state index is 10.1. The Labute approximate surface area is 79.1 Å². The van der Waals surface area contributed by atoms with Crippen molar-refractivity contribution >= 4 is 17.4 Å². The lowest BCUT2D eigenvalue weighted by Crippen LogP contribution is -1.84. The third-order valence-corrected chi connectivity index (χ3v) is 2.75. The second-order valence-electron chi connectivity index (χ2n) is 2.98. The molecule has 1 saturated carbocycles. The van der Waals surface area contributed by atoms with E-state index in [1.807, 2.05) is 0 Å². The first-order chi connectivity index (χ1) is 6.27. The smallest absolute Gasteiger partial charge is 0.235 e. The third kappa shape index (κ3) is 1.92. The molecule has 1 aliphatic carbocycles. The molecule has 0 unspecified atom stereocenters. The van der Waals surface area contributed by atoms with E-state index in [9.17, 15) is 10.1 Å². The first-order valence-electron chi connectivity index (χ1n) is 4.02. The summed E-state index contributed by atoms with van der Waals surface area (Å²) in [6.45, 7) is 0. The average Bonchev–Trinajstić information content (AvgIpc) is 2.82. The van der Waals surface area contributed by atoms with Crippen molar-refractivity contribution < 1.29 is 4.92 Å². The maximum Gasteiger partial charge on any atom is 0.235 e. The number of nitrogens with zero attached hydrogens (tertiary/aromatic N) is 2. The zero-order chi connectivity index (χ0) is 9.26. The lowest BCUT2D eigenvalue weighted by atomic mass is 10.2. The highest BCUT2D eigenvalue weighted by molar-refractivity contribution is 7.10. The molecule has 1 aromatic rings. The molecule has 0 aliphatic heterocycles. The molecule has 0 spiro atoms. The number of thiazole rings is 1. The van der Waals surface area contributed by atoms with E-state index in [-0.39, 0.29) is 0 Å². The quantitative estimate of drug-likeness (QED) is 0.550. The van der Waals surface area contributed by atoms with Gasteiger partial charge in [0.1, 0.15) is 0 Å². The van der Waals surface area contributed by atoms with Crippen LogP contribution in [-0.4, -0.2) is 9.91 Å². The molecule has 2 rings (SSSR count). The van der Waals surface area contributed by atoms with Gasteiger partial charge in [0.15, 0.2) is 0 Å². The average molecular weight is 196 g/mol. The van der Waals surface area contributed by atoms with Gasteiger partial charge in [0.25, 0.3) is 0 Å². The molecule has 1 aliphatic rings. The SMILES string of the molecule is O=[N+]([O-])/C=C/c1scnc1C1CC1. The number of nitro groups is 1. The fraction of sp³-hybridized carbons (Fsp3) is 0.375. The summed E-state index contributed by atoms with van der Waals surface area (Å²) in [6, 6.07) is 0. The predicted octanol–water partition coefficient (Wildman–Crippen LogP) is 2.27. The molecule has 0 saturated heterocycles. The van der Waals surface area contributed by atoms with Crippen LogP contribution in [0, 0.1) is 10.1 Å². The standard InChI is InChI=1S/C8H8N2O2S/c11-10(12)4-3-7-8(6-1-2-6)9-5-13-7/h3-6H,1-2H2/b4-3+. The summed E-state index contributed by atoms with van der Waals surface area (Å²) in [5.41, 5.74) is 2.77. The van der Waals surface area contributed by atoms with Crippen LogP contribution in [0.5, 0.6) is 0 Å². The van der Waals surface area contributed by atoms with Crippen molar-refractivity contribution in [1.82, 2.24) is 4.98 Å². The van der Waals surface area contributed by atoms with Crippen molar-refractivity contribution in [2.24, 2.45) is 0 Å². The van der Waals surface area contributed by atoms with E-state index in [0.29, 0.717) is 5.92 Å². The highest BCUT2D eigenvalue weighted by Crippen LogP contribution is 2.42. The van der Waals surface area contributed by atoms with Gasteiger partial charge >= 0.3 is 0 Å². The van der Waals surface area contributed by atoms with Gasteiger partial charge in [-0.1, -0.05) is 0 Å². The van der Waals surface area contributed by atoms with E-state index in [0.717, 1.165) is 16.8 Å². The van der Waals surface area contributed by atoms with E-state index in [4.69, 9.17) is 0 Å². The molecule has 0 amide bonds. The Morgan fingerprint density at radius 1 is 1.69 bits per heavy atom. The largest absolute Gasteiger partial charge is 0.259 e. The molecule has 1 heterocycles. The molecule has 0 bridgehead atoms. The van der Waals surface area contributed by atoms with Crippen molar-refractivity contribution in [3.63, 3.8) is 0 Å². The van der Waals surface area contributed by atoms with Gasteiger partial charge in [-0.3, -0.25) is 10.1 Å². The van der Waals surface area contributed by atoms with Crippen LogP contribution in [0.15, 0.2) is 11.7 Å². The van der Waals surface area contributed by atoms with Gasteiger partial charge in [-0.15, -0.1) is 11.3 Å². The summed E-state index contributed by atoms with van der Waals surface area (Å²) in [5.74, 6) is 0.553. The number of aromatic nitrogens is 1. The molecule has 13 heavy (non-hydrogen) atoms. The normalized spacial score (nSPS) is 16.6. The van der Waals surface area contributed by atoms with Gasteiger partial charge in [-0.05, 0) is 12.8 Å². The highest BCUT2D eigenvalue weighted by Gasteiger charge is 2.27. The minimum Gasteiger partial charge on any atom is -0.259 e. The molecular weight excluding hydrogens is 188 g/mol. The summed E-state index contributed by atoms with van der Waals surface area (Å²) < 4.78 is 0. The van der Waals surface area contributed by atoms with Gasteiger partial charge in [0.05, 0.1) is 21.0 Å². The Morgan fingerprint density at radius 2 is 2.46 bits per heavy atom. The van der Waals surface area contributed by atoms with Crippen molar-refractivity contribution in [1.29, 1.82) is 0 Å². The van der Waals surface area contributed by atoms with Gasteiger partial charge in [0.2, 0.25) is 6.20 Å². The van der Waals surface area contributed by atoms with E-state index in [1.165, 1.54) is 30.3 Å². The van der Waals surface area contributed by atoms with Crippen LogP contribution in [0.4, 0.5) is 0 Å². The van der Waals surface area contributed by atoms with Crippen molar-refractivity contribution in [2.75, 3.05) is 0 Å². The van der Waals surface area contributed by atoms with Crippen LogP contribution in [0.25, 0.3) is 6.08 Å². The molecule has 0 N–H and O–H groups in total. The zero-order valence-corrected chi connectivity index (χ0v) is 7.66. The lowest BCUT2D eigenvalue weighted by Gasteiger charge is -1.90. The number of hydrogen-bond donors (Lipinski definition) is 0. The van der Waals surface area contributed by atoms with Gasteiger partial charge < -0.3 is 0 Å². The molecule has 0 aromatic carbocycles. The summed E-state index contributed by atoms with van der Waals surface area (Å²) in [5, 5.41) is 10.1. The van der Waals surface area contributed by atoms with Gasteiger partial charge in [0, 0.05) is 12.0 Å². The minimum atomic E-state index is -0.448. The van der Waals surface area contributed by atoms with E-state index < -0.39 is 4.92 Å². The molecule has 0 atom stereocenters. The maximum absolute atomic E-state index is 10.1. The Morgan fingerprint density at radius 3 is 3.08 bits per heavy atom. The number of rotatable bonds is 3. The molecule has 4 nitrogen and oxygen atoms in total. The summed E-state index contributed by atoms with van der Waals surface area (Å²) in [7, 11) is 0. The monoisotopic (exact) mass is 196 g/mol. The van der Waals surface area contributed by atoms with Crippen LogP contribution in [-0.2, 0) is 0 Å². The van der Waals surface area contributed by atoms with Crippen molar-refractivity contribution in [3.8, 4) is 0 Å². The van der Waals surface area contributed by atoms with Gasteiger partial charge in [-0.25, -0.2) is 4.98 Å². The predicted molar refractivity (Wildman–Crippen MR) is 50.1 cm³/mol. The van der Waals surface area contributed by atoms with Gasteiger partial charge in [-0.2, -0.15) is 0 Å². The Bertz CT molecular complexity index is 355. The third-order valence-electron chi connectivity index (χ3n) is 1.94. The topological polar surface area (TPSA) is 56.0 Å². The molecule has 1 fully saturated rings. The molecule has 5 heteroatoms. The highest BCUT2D eigenvalue weighted by atomic mass is 32.1. The van der Waals surface area contributed by atoms with Crippen LogP contribution >= 0.6 is 11.3 Å². The van der Waals surface area contributed by atoms with E-state index in [2.05, 4.69) is 4.98 Å². The summed E-state index contributed by atoms with van der Waals surface area (Å²) >= 11 is 1.46. The molecule has 1 aromatic heterocycles. The fourth-order valence-electron chi connectivity index (χ4n) is 1.18. The van der Waals surface area contributed by atoms with E-state index in [1.54, 1.807) is 5.51 Å². The van der Waals surface area contributed by atoms with Crippen LogP contribution < -0.4 is 0 Å². The second kappa shape index (κ2) is 3.26. The van der Waals surface area contributed by atoms with Crippen LogP contribution in [0.2, 0.25) is 0 Å². The molecule has 0 radical (unpaired) electrons. The molecule has 68 valence electrons. The Balaban J connectivity index is 2.19. The minimum absolute atomic E-state index is 0.448. The number of hydrogen-bond acceptors (Lipinski definition) is 4.